The third kappa shape index (κ3) is 1.98. The number of hydrogen-bond acceptors (Lipinski definition) is 3. The molecule has 1 heterocycles. The highest BCUT2D eigenvalue weighted by Crippen LogP contribution is 2.13. The van der Waals surface area contributed by atoms with Gasteiger partial charge in [-0.05, 0) is 31.2 Å². The summed E-state index contributed by atoms with van der Waals surface area (Å²) < 4.78 is 14.1. The molecule has 0 radical (unpaired) electrons. The molecule has 16 heavy (non-hydrogen) atoms. The van der Waals surface area contributed by atoms with E-state index in [4.69, 9.17) is 0 Å². The van der Waals surface area contributed by atoms with Crippen LogP contribution in [0.2, 0.25) is 0 Å². The summed E-state index contributed by atoms with van der Waals surface area (Å²) in [5.74, 6) is -0.476. The Morgan fingerprint density at radius 2 is 2.06 bits per heavy atom. The topological polar surface area (TPSA) is 47.8 Å². The lowest BCUT2D eigenvalue weighted by Gasteiger charge is -2.09. The number of nitrogens with zero attached hydrogens (tertiary/aromatic N) is 3. The minimum Gasteiger partial charge on any atom is -0.292 e. The highest BCUT2D eigenvalue weighted by Gasteiger charge is 2.17. The molecular weight excluding hydrogens is 209 g/mol. The smallest absolute Gasteiger partial charge is 0.187 e. The van der Waals surface area contributed by atoms with Gasteiger partial charge in [-0.15, -0.1) is 0 Å². The molecule has 0 aliphatic carbocycles. The number of aromatic nitrogens is 3. The largest absolute Gasteiger partial charge is 0.292 e. The summed E-state index contributed by atoms with van der Waals surface area (Å²) in [4.78, 5) is 15.7. The second kappa shape index (κ2) is 4.22. The minimum atomic E-state index is -0.437. The highest BCUT2D eigenvalue weighted by atomic mass is 19.1. The SMILES string of the molecule is CC(C(=O)c1ccc(F)cc1)n1cncn1. The van der Waals surface area contributed by atoms with Crippen molar-refractivity contribution in [1.29, 1.82) is 0 Å². The van der Waals surface area contributed by atoms with Gasteiger partial charge in [0.1, 0.15) is 24.5 Å². The van der Waals surface area contributed by atoms with Crippen LogP contribution in [0.4, 0.5) is 4.39 Å². The number of carbonyl (C=O) groups excluding carboxylic acids is 1. The Hall–Kier alpha value is -2.04. The highest BCUT2D eigenvalue weighted by molar-refractivity contribution is 5.98. The fourth-order valence-electron chi connectivity index (χ4n) is 1.39. The van der Waals surface area contributed by atoms with Crippen molar-refractivity contribution in [2.75, 3.05) is 0 Å². The van der Waals surface area contributed by atoms with Crippen molar-refractivity contribution in [1.82, 2.24) is 14.8 Å². The summed E-state index contributed by atoms with van der Waals surface area (Å²) in [6, 6.07) is 5.02. The van der Waals surface area contributed by atoms with E-state index in [0.717, 1.165) is 0 Å². The first kappa shape index (κ1) is 10.5. The van der Waals surface area contributed by atoms with Crippen molar-refractivity contribution in [2.45, 2.75) is 13.0 Å². The minimum absolute atomic E-state index is 0.120. The third-order valence-corrected chi connectivity index (χ3v) is 2.34. The molecule has 1 atom stereocenters. The molecule has 0 fully saturated rings. The van der Waals surface area contributed by atoms with Gasteiger partial charge in [0, 0.05) is 5.56 Å². The van der Waals surface area contributed by atoms with Gasteiger partial charge >= 0.3 is 0 Å². The van der Waals surface area contributed by atoms with Crippen LogP contribution >= 0.6 is 0 Å². The number of hydrogen-bond donors (Lipinski definition) is 0. The van der Waals surface area contributed by atoms with E-state index < -0.39 is 6.04 Å². The molecule has 1 aromatic heterocycles. The lowest BCUT2D eigenvalue weighted by molar-refractivity contribution is 0.0928. The van der Waals surface area contributed by atoms with Gasteiger partial charge in [-0.2, -0.15) is 5.10 Å². The fourth-order valence-corrected chi connectivity index (χ4v) is 1.39. The summed E-state index contributed by atoms with van der Waals surface area (Å²) in [7, 11) is 0. The van der Waals surface area contributed by atoms with Crippen LogP contribution in [-0.4, -0.2) is 20.5 Å². The zero-order chi connectivity index (χ0) is 11.5. The molecule has 0 saturated heterocycles. The Morgan fingerprint density at radius 1 is 1.38 bits per heavy atom. The predicted molar refractivity (Wildman–Crippen MR) is 55.5 cm³/mol. The number of halogens is 1. The van der Waals surface area contributed by atoms with Crippen LogP contribution in [0.3, 0.4) is 0 Å². The van der Waals surface area contributed by atoms with Crippen molar-refractivity contribution in [3.05, 3.63) is 48.3 Å². The molecule has 2 rings (SSSR count). The average Bonchev–Trinajstić information content (AvgIpc) is 2.81. The Balaban J connectivity index is 2.22. The molecule has 0 saturated carbocycles. The maximum Gasteiger partial charge on any atom is 0.187 e. The first-order valence-corrected chi connectivity index (χ1v) is 4.82. The molecule has 1 unspecified atom stereocenters. The molecule has 2 aromatic rings. The van der Waals surface area contributed by atoms with Gasteiger partial charge in [-0.3, -0.25) is 4.79 Å². The molecule has 0 spiro atoms. The molecule has 0 N–H and O–H groups in total. The van der Waals surface area contributed by atoms with Crippen LogP contribution in [0.1, 0.15) is 23.3 Å². The van der Waals surface area contributed by atoms with Crippen LogP contribution in [0.25, 0.3) is 0 Å². The van der Waals surface area contributed by atoms with Crippen molar-refractivity contribution in [3.63, 3.8) is 0 Å². The Labute approximate surface area is 91.7 Å². The van der Waals surface area contributed by atoms with Crippen LogP contribution in [0.5, 0.6) is 0 Å². The van der Waals surface area contributed by atoms with Crippen molar-refractivity contribution < 1.29 is 9.18 Å². The lowest BCUT2D eigenvalue weighted by Crippen LogP contribution is -2.17. The van der Waals surface area contributed by atoms with Crippen molar-refractivity contribution >= 4 is 5.78 Å². The molecule has 0 amide bonds. The quantitative estimate of drug-likeness (QED) is 0.740. The van der Waals surface area contributed by atoms with Gasteiger partial charge in [-0.25, -0.2) is 14.1 Å². The molecular formula is C11H10FN3O. The van der Waals surface area contributed by atoms with E-state index in [2.05, 4.69) is 10.1 Å². The standard InChI is InChI=1S/C11H10FN3O/c1-8(15-7-13-6-14-15)11(16)9-2-4-10(12)5-3-9/h2-8H,1H3. The van der Waals surface area contributed by atoms with E-state index in [-0.39, 0.29) is 11.6 Å². The fraction of sp³-hybridized carbons (Fsp3) is 0.182. The van der Waals surface area contributed by atoms with Gasteiger partial charge in [0.15, 0.2) is 5.78 Å². The van der Waals surface area contributed by atoms with Gasteiger partial charge in [0.25, 0.3) is 0 Å². The van der Waals surface area contributed by atoms with Crippen LogP contribution in [0, 0.1) is 5.82 Å². The maximum atomic E-state index is 12.7. The first-order valence-electron chi connectivity index (χ1n) is 4.82. The van der Waals surface area contributed by atoms with E-state index in [1.54, 1.807) is 6.92 Å². The zero-order valence-electron chi connectivity index (χ0n) is 8.67. The van der Waals surface area contributed by atoms with E-state index in [0.29, 0.717) is 5.56 Å². The molecule has 0 aliphatic heterocycles. The zero-order valence-corrected chi connectivity index (χ0v) is 8.67. The number of ketones is 1. The second-order valence-electron chi connectivity index (χ2n) is 3.42. The predicted octanol–water partition coefficient (Wildman–Crippen LogP) is 1.86. The van der Waals surface area contributed by atoms with Gasteiger partial charge in [-0.1, -0.05) is 0 Å². The normalized spacial score (nSPS) is 12.4. The van der Waals surface area contributed by atoms with E-state index in [1.807, 2.05) is 0 Å². The summed E-state index contributed by atoms with van der Waals surface area (Å²) in [5.41, 5.74) is 0.462. The molecule has 82 valence electrons. The van der Waals surface area contributed by atoms with Gasteiger partial charge < -0.3 is 0 Å². The van der Waals surface area contributed by atoms with Gasteiger partial charge in [0.05, 0.1) is 0 Å². The molecule has 5 heteroatoms. The molecule has 1 aromatic carbocycles. The van der Waals surface area contributed by atoms with Crippen LogP contribution in [0.15, 0.2) is 36.9 Å². The monoisotopic (exact) mass is 219 g/mol. The van der Waals surface area contributed by atoms with E-state index >= 15 is 0 Å². The summed E-state index contributed by atoms with van der Waals surface area (Å²) in [5, 5.41) is 3.89. The average molecular weight is 219 g/mol. The maximum absolute atomic E-state index is 12.7. The van der Waals surface area contributed by atoms with E-state index in [1.165, 1.54) is 41.6 Å². The number of benzene rings is 1. The lowest BCUT2D eigenvalue weighted by atomic mass is 10.1. The van der Waals surface area contributed by atoms with Gasteiger partial charge in [0.2, 0.25) is 0 Å². The van der Waals surface area contributed by atoms with Crippen molar-refractivity contribution in [3.8, 4) is 0 Å². The Kier molecular flexibility index (Phi) is 2.76. The Morgan fingerprint density at radius 3 is 2.62 bits per heavy atom. The Bertz CT molecular complexity index is 478. The summed E-state index contributed by atoms with van der Waals surface area (Å²) >= 11 is 0. The third-order valence-electron chi connectivity index (χ3n) is 2.34. The molecule has 4 nitrogen and oxygen atoms in total. The second-order valence-corrected chi connectivity index (χ2v) is 3.42. The summed E-state index contributed by atoms with van der Waals surface area (Å²) in [6.45, 7) is 1.72. The summed E-state index contributed by atoms with van der Waals surface area (Å²) in [6.07, 6.45) is 2.85. The van der Waals surface area contributed by atoms with Crippen LogP contribution in [-0.2, 0) is 0 Å². The van der Waals surface area contributed by atoms with E-state index in [9.17, 15) is 9.18 Å². The molecule has 0 aliphatic rings. The molecule has 0 bridgehead atoms. The van der Waals surface area contributed by atoms with Crippen LogP contribution < -0.4 is 0 Å². The first-order chi connectivity index (χ1) is 7.68. The number of rotatable bonds is 3. The number of carbonyl (C=O) groups is 1. The number of Topliss-reactive ketones (excluding diaryl/α,β-unsaturated/α-hetero) is 1. The van der Waals surface area contributed by atoms with Crippen molar-refractivity contribution in [2.24, 2.45) is 0 Å².